The largest absolute Gasteiger partial charge is 0.355 e. The first kappa shape index (κ1) is 20.7. The summed E-state index contributed by atoms with van der Waals surface area (Å²) in [5.74, 6) is 0.0524. The number of nitrogens with zero attached hydrogens (tertiary/aromatic N) is 1. The van der Waals surface area contributed by atoms with Crippen LogP contribution in [0.1, 0.15) is 42.4 Å². The number of hydrogen-bond donors (Lipinski definition) is 2. The zero-order valence-corrected chi connectivity index (χ0v) is 16.2. The Morgan fingerprint density at radius 2 is 1.92 bits per heavy atom. The van der Waals surface area contributed by atoms with Gasteiger partial charge in [-0.25, -0.2) is 0 Å². The Morgan fingerprint density at radius 1 is 1.15 bits per heavy atom. The van der Waals surface area contributed by atoms with E-state index in [0.29, 0.717) is 26.1 Å². The van der Waals surface area contributed by atoms with E-state index in [4.69, 9.17) is 5.73 Å². The molecule has 1 fully saturated rings. The molecule has 1 aromatic rings. The number of amides is 2. The van der Waals surface area contributed by atoms with E-state index in [-0.39, 0.29) is 30.1 Å². The maximum Gasteiger partial charge on any atom is 0.227 e. The van der Waals surface area contributed by atoms with Crippen molar-refractivity contribution < 1.29 is 9.59 Å². The Kier molecular flexibility index (Phi) is 7.91. The Hall–Kier alpha value is -1.59. The minimum Gasteiger partial charge on any atom is -0.355 e. The molecule has 0 aromatic heterocycles. The highest BCUT2D eigenvalue weighted by molar-refractivity contribution is 5.85. The van der Waals surface area contributed by atoms with Crippen LogP contribution in [0.2, 0.25) is 0 Å². The SMILES string of the molecule is Cl.NCCNC(=O)C1CCCN(C(=O)Cc2ccc3c(c2)CCCC3)C1. The summed E-state index contributed by atoms with van der Waals surface area (Å²) in [5.41, 5.74) is 9.39. The molecule has 6 heteroatoms. The van der Waals surface area contributed by atoms with Crippen LogP contribution in [0.15, 0.2) is 18.2 Å². The predicted octanol–water partition coefficient (Wildman–Crippen LogP) is 1.84. The van der Waals surface area contributed by atoms with E-state index in [2.05, 4.69) is 23.5 Å². The lowest BCUT2D eigenvalue weighted by Gasteiger charge is -2.32. The quantitative estimate of drug-likeness (QED) is 0.819. The topological polar surface area (TPSA) is 75.4 Å². The van der Waals surface area contributed by atoms with Gasteiger partial charge in [0.25, 0.3) is 0 Å². The molecular formula is C20H30ClN3O2. The number of hydrogen-bond acceptors (Lipinski definition) is 3. The number of nitrogens with one attached hydrogen (secondary N) is 1. The van der Waals surface area contributed by atoms with Gasteiger partial charge in [-0.2, -0.15) is 0 Å². The van der Waals surface area contributed by atoms with Crippen LogP contribution in [-0.4, -0.2) is 42.9 Å². The third kappa shape index (κ3) is 5.21. The number of nitrogens with two attached hydrogens (primary N) is 1. The molecule has 5 nitrogen and oxygen atoms in total. The number of halogens is 1. The summed E-state index contributed by atoms with van der Waals surface area (Å²) >= 11 is 0. The van der Waals surface area contributed by atoms with Crippen molar-refractivity contribution in [1.29, 1.82) is 0 Å². The van der Waals surface area contributed by atoms with E-state index in [1.807, 2.05) is 4.90 Å². The fourth-order valence-corrected chi connectivity index (χ4v) is 3.94. The second-order valence-electron chi connectivity index (χ2n) is 7.25. The van der Waals surface area contributed by atoms with Crippen LogP contribution in [0.25, 0.3) is 0 Å². The van der Waals surface area contributed by atoms with Crippen molar-refractivity contribution in [3.8, 4) is 0 Å². The Morgan fingerprint density at radius 3 is 2.69 bits per heavy atom. The zero-order chi connectivity index (χ0) is 17.6. The van der Waals surface area contributed by atoms with Crippen LogP contribution < -0.4 is 11.1 Å². The summed E-state index contributed by atoms with van der Waals surface area (Å²) in [7, 11) is 0. The van der Waals surface area contributed by atoms with Gasteiger partial charge in [-0.15, -0.1) is 12.4 Å². The van der Waals surface area contributed by atoms with E-state index in [9.17, 15) is 9.59 Å². The van der Waals surface area contributed by atoms with Crippen LogP contribution in [-0.2, 0) is 28.9 Å². The molecule has 1 heterocycles. The molecule has 1 atom stereocenters. The first-order chi connectivity index (χ1) is 12.2. The Bertz CT molecular complexity index is 635. The van der Waals surface area contributed by atoms with E-state index in [1.165, 1.54) is 24.0 Å². The lowest BCUT2D eigenvalue weighted by Crippen LogP contribution is -2.46. The summed E-state index contributed by atoms with van der Waals surface area (Å²) < 4.78 is 0. The number of likely N-dealkylation sites (tertiary alicyclic amines) is 1. The van der Waals surface area contributed by atoms with Crippen molar-refractivity contribution in [3.63, 3.8) is 0 Å². The molecule has 1 aliphatic heterocycles. The van der Waals surface area contributed by atoms with Crippen molar-refractivity contribution in [1.82, 2.24) is 10.2 Å². The average molecular weight is 380 g/mol. The molecular weight excluding hydrogens is 350 g/mol. The number of benzene rings is 1. The zero-order valence-electron chi connectivity index (χ0n) is 15.3. The normalized spacial score (nSPS) is 19.3. The number of piperidine rings is 1. The molecule has 2 aliphatic rings. The summed E-state index contributed by atoms with van der Waals surface area (Å²) in [6.45, 7) is 2.22. The molecule has 1 unspecified atom stereocenters. The van der Waals surface area contributed by atoms with Crippen molar-refractivity contribution in [2.24, 2.45) is 11.7 Å². The molecule has 3 N–H and O–H groups in total. The van der Waals surface area contributed by atoms with Gasteiger partial charge in [-0.1, -0.05) is 18.2 Å². The van der Waals surface area contributed by atoms with Crippen molar-refractivity contribution in [2.75, 3.05) is 26.2 Å². The molecule has 0 saturated carbocycles. The Balaban J connectivity index is 0.00000243. The second-order valence-corrected chi connectivity index (χ2v) is 7.25. The lowest BCUT2D eigenvalue weighted by atomic mass is 9.89. The molecule has 1 aliphatic carbocycles. The van der Waals surface area contributed by atoms with Gasteiger partial charge in [-0.3, -0.25) is 9.59 Å². The highest BCUT2D eigenvalue weighted by Crippen LogP contribution is 2.23. The number of fused-ring (bicyclic) bond motifs is 1. The van der Waals surface area contributed by atoms with Gasteiger partial charge in [-0.05, 0) is 55.2 Å². The molecule has 0 spiro atoms. The third-order valence-corrected chi connectivity index (χ3v) is 5.36. The van der Waals surface area contributed by atoms with Gasteiger partial charge in [0.2, 0.25) is 11.8 Å². The number of carbonyl (C=O) groups excluding carboxylic acids is 2. The van der Waals surface area contributed by atoms with Gasteiger partial charge in [0.1, 0.15) is 0 Å². The summed E-state index contributed by atoms with van der Waals surface area (Å²) in [4.78, 5) is 26.7. The molecule has 2 amide bonds. The van der Waals surface area contributed by atoms with Crippen molar-refractivity contribution in [3.05, 3.63) is 34.9 Å². The molecule has 1 saturated heterocycles. The first-order valence-electron chi connectivity index (χ1n) is 9.53. The number of aryl methyl sites for hydroxylation is 2. The minimum atomic E-state index is -0.104. The van der Waals surface area contributed by atoms with Crippen LogP contribution in [0.3, 0.4) is 0 Å². The Labute approximate surface area is 162 Å². The monoisotopic (exact) mass is 379 g/mol. The average Bonchev–Trinajstić information content (AvgIpc) is 2.66. The number of carbonyl (C=O) groups is 2. The molecule has 144 valence electrons. The highest BCUT2D eigenvalue weighted by atomic mass is 35.5. The predicted molar refractivity (Wildman–Crippen MR) is 105 cm³/mol. The van der Waals surface area contributed by atoms with Gasteiger partial charge in [0.15, 0.2) is 0 Å². The fourth-order valence-electron chi connectivity index (χ4n) is 3.94. The van der Waals surface area contributed by atoms with Gasteiger partial charge in [0, 0.05) is 26.2 Å². The minimum absolute atomic E-state index is 0. The standard InChI is InChI=1S/C20H29N3O2.ClH/c21-9-10-22-20(25)18-6-3-11-23(14-18)19(24)13-15-7-8-16-4-1-2-5-17(16)12-15;/h7-8,12,18H,1-6,9-11,13-14,21H2,(H,22,25);1H. The summed E-state index contributed by atoms with van der Waals surface area (Å²) in [6, 6.07) is 6.50. The summed E-state index contributed by atoms with van der Waals surface area (Å²) in [5, 5.41) is 2.84. The van der Waals surface area contributed by atoms with Crippen LogP contribution in [0.5, 0.6) is 0 Å². The summed E-state index contributed by atoms with van der Waals surface area (Å²) in [6.07, 6.45) is 6.97. The van der Waals surface area contributed by atoms with E-state index in [0.717, 1.165) is 37.8 Å². The smallest absolute Gasteiger partial charge is 0.227 e. The molecule has 26 heavy (non-hydrogen) atoms. The molecule has 1 aromatic carbocycles. The molecule has 3 rings (SSSR count). The highest BCUT2D eigenvalue weighted by Gasteiger charge is 2.28. The van der Waals surface area contributed by atoms with Gasteiger partial charge < -0.3 is 16.0 Å². The third-order valence-electron chi connectivity index (χ3n) is 5.36. The van der Waals surface area contributed by atoms with Crippen LogP contribution in [0, 0.1) is 5.92 Å². The van der Waals surface area contributed by atoms with Crippen LogP contribution in [0.4, 0.5) is 0 Å². The van der Waals surface area contributed by atoms with Gasteiger partial charge >= 0.3 is 0 Å². The molecule has 0 bridgehead atoms. The second kappa shape index (κ2) is 9.93. The van der Waals surface area contributed by atoms with Gasteiger partial charge in [0.05, 0.1) is 12.3 Å². The fraction of sp³-hybridized carbons (Fsp3) is 0.600. The van der Waals surface area contributed by atoms with Crippen molar-refractivity contribution >= 4 is 24.2 Å². The first-order valence-corrected chi connectivity index (χ1v) is 9.53. The van der Waals surface area contributed by atoms with Crippen molar-refractivity contribution in [2.45, 2.75) is 44.9 Å². The maximum atomic E-state index is 12.7. The maximum absolute atomic E-state index is 12.7. The van der Waals surface area contributed by atoms with E-state index >= 15 is 0 Å². The lowest BCUT2D eigenvalue weighted by molar-refractivity contribution is -0.135. The van der Waals surface area contributed by atoms with Crippen LogP contribution >= 0.6 is 12.4 Å². The number of rotatable bonds is 5. The molecule has 0 radical (unpaired) electrons. The van der Waals surface area contributed by atoms with E-state index < -0.39 is 0 Å². The van der Waals surface area contributed by atoms with E-state index in [1.54, 1.807) is 0 Å².